The molecule has 3 N–H and O–H groups in total. The number of para-hydroxylation sites is 2. The quantitative estimate of drug-likeness (QED) is 0.753. The van der Waals surface area contributed by atoms with Gasteiger partial charge in [-0.2, -0.15) is 0 Å². The molecule has 0 radical (unpaired) electrons. The largest absolute Gasteiger partial charge is 0.397 e. The second-order valence-electron chi connectivity index (χ2n) is 5.70. The van der Waals surface area contributed by atoms with Gasteiger partial charge in [-0.3, -0.25) is 4.79 Å². The van der Waals surface area contributed by atoms with Crippen molar-refractivity contribution in [2.24, 2.45) is 5.92 Å². The van der Waals surface area contributed by atoms with Gasteiger partial charge in [-0.25, -0.2) is 0 Å². The highest BCUT2D eigenvalue weighted by atomic mass is 16.1. The van der Waals surface area contributed by atoms with Crippen molar-refractivity contribution in [3.63, 3.8) is 0 Å². The Balaban J connectivity index is 2.32. The van der Waals surface area contributed by atoms with Crippen LogP contribution in [0.3, 0.4) is 0 Å². The van der Waals surface area contributed by atoms with Gasteiger partial charge < -0.3 is 16.0 Å². The van der Waals surface area contributed by atoms with E-state index in [2.05, 4.69) is 38.0 Å². The number of nitrogen functional groups attached to an aromatic ring is 1. The van der Waals surface area contributed by atoms with Crippen molar-refractivity contribution in [3.05, 3.63) is 24.3 Å². The van der Waals surface area contributed by atoms with Crippen LogP contribution >= 0.6 is 0 Å². The average molecular weight is 277 g/mol. The van der Waals surface area contributed by atoms with Gasteiger partial charge in [0.25, 0.3) is 0 Å². The predicted octanol–water partition coefficient (Wildman–Crippen LogP) is 2.96. The minimum absolute atomic E-state index is 0.0218. The third-order valence-electron chi connectivity index (χ3n) is 3.81. The topological polar surface area (TPSA) is 58.4 Å². The lowest BCUT2D eigenvalue weighted by atomic mass is 10.1. The average Bonchev–Trinajstić information content (AvgIpc) is 2.40. The van der Waals surface area contributed by atoms with E-state index in [1.165, 1.54) is 0 Å². The van der Waals surface area contributed by atoms with E-state index in [1.807, 2.05) is 18.2 Å². The van der Waals surface area contributed by atoms with Crippen molar-refractivity contribution >= 4 is 17.3 Å². The molecule has 1 unspecified atom stereocenters. The normalized spacial score (nSPS) is 12.7. The second-order valence-corrected chi connectivity index (χ2v) is 5.70. The number of hydrogen-bond acceptors (Lipinski definition) is 3. The van der Waals surface area contributed by atoms with Gasteiger partial charge in [0.1, 0.15) is 0 Å². The van der Waals surface area contributed by atoms with Crippen LogP contribution in [0.15, 0.2) is 24.3 Å². The van der Waals surface area contributed by atoms with Gasteiger partial charge in [0.05, 0.1) is 11.4 Å². The molecule has 0 spiro atoms. The smallest absolute Gasteiger partial charge is 0.224 e. The zero-order valence-corrected chi connectivity index (χ0v) is 13.0. The summed E-state index contributed by atoms with van der Waals surface area (Å²) in [7, 11) is 2.11. The molecular weight excluding hydrogens is 250 g/mol. The molecule has 0 fully saturated rings. The zero-order chi connectivity index (χ0) is 15.1. The molecule has 1 aromatic rings. The summed E-state index contributed by atoms with van der Waals surface area (Å²) in [6, 6.07) is 7.86. The Bertz CT molecular complexity index is 431. The fourth-order valence-electron chi connectivity index (χ4n) is 2.03. The van der Waals surface area contributed by atoms with Gasteiger partial charge in [-0.15, -0.1) is 0 Å². The standard InChI is InChI=1S/C16H27N3O/c1-12(2)13(3)19(4)11-7-10-16(20)18-15-9-6-5-8-14(15)17/h5-6,8-9,12-13H,7,10-11,17H2,1-4H3,(H,18,20). The fourth-order valence-corrected chi connectivity index (χ4v) is 2.03. The molecule has 1 aromatic carbocycles. The number of hydrogen-bond donors (Lipinski definition) is 2. The summed E-state index contributed by atoms with van der Waals surface area (Å²) >= 11 is 0. The van der Waals surface area contributed by atoms with E-state index in [9.17, 15) is 4.79 Å². The SMILES string of the molecule is CC(C)C(C)N(C)CCCC(=O)Nc1ccccc1N. The summed E-state index contributed by atoms with van der Waals surface area (Å²) in [6.45, 7) is 7.57. The summed E-state index contributed by atoms with van der Waals surface area (Å²) in [5.74, 6) is 0.645. The van der Waals surface area contributed by atoms with Crippen LogP contribution in [0.5, 0.6) is 0 Å². The molecule has 20 heavy (non-hydrogen) atoms. The Morgan fingerprint density at radius 2 is 1.95 bits per heavy atom. The lowest BCUT2D eigenvalue weighted by Gasteiger charge is -2.27. The molecule has 0 heterocycles. The van der Waals surface area contributed by atoms with Crippen LogP contribution in [0.25, 0.3) is 0 Å². The maximum Gasteiger partial charge on any atom is 0.224 e. The predicted molar refractivity (Wildman–Crippen MR) is 85.6 cm³/mol. The maximum atomic E-state index is 11.9. The molecule has 112 valence electrons. The molecule has 0 saturated carbocycles. The molecule has 0 aliphatic rings. The number of amides is 1. The number of anilines is 2. The van der Waals surface area contributed by atoms with Gasteiger partial charge in [-0.05, 0) is 45.0 Å². The third-order valence-corrected chi connectivity index (χ3v) is 3.81. The Morgan fingerprint density at radius 1 is 1.30 bits per heavy atom. The van der Waals surface area contributed by atoms with E-state index >= 15 is 0 Å². The van der Waals surface area contributed by atoms with Crippen molar-refractivity contribution in [3.8, 4) is 0 Å². The molecule has 0 aliphatic heterocycles. The summed E-state index contributed by atoms with van der Waals surface area (Å²) in [5.41, 5.74) is 7.09. The lowest BCUT2D eigenvalue weighted by molar-refractivity contribution is -0.116. The summed E-state index contributed by atoms with van der Waals surface area (Å²) in [4.78, 5) is 14.2. The minimum atomic E-state index is 0.0218. The Hall–Kier alpha value is -1.55. The number of nitrogens with one attached hydrogen (secondary N) is 1. The van der Waals surface area contributed by atoms with Crippen molar-refractivity contribution in [1.29, 1.82) is 0 Å². The number of carbonyl (C=O) groups is 1. The van der Waals surface area contributed by atoms with Gasteiger partial charge in [0, 0.05) is 12.5 Å². The number of nitrogens with zero attached hydrogens (tertiary/aromatic N) is 1. The van der Waals surface area contributed by atoms with E-state index in [4.69, 9.17) is 5.73 Å². The highest BCUT2D eigenvalue weighted by molar-refractivity contribution is 5.93. The molecular formula is C16H27N3O. The van der Waals surface area contributed by atoms with Crippen molar-refractivity contribution in [2.45, 2.75) is 39.7 Å². The number of nitrogens with two attached hydrogens (primary N) is 1. The Kier molecular flexibility index (Phi) is 6.52. The van der Waals surface area contributed by atoms with Crippen LogP contribution in [0, 0.1) is 5.92 Å². The maximum absolute atomic E-state index is 11.9. The molecule has 4 nitrogen and oxygen atoms in total. The van der Waals surface area contributed by atoms with Crippen LogP contribution in [0.1, 0.15) is 33.6 Å². The van der Waals surface area contributed by atoms with Crippen LogP contribution in [-0.4, -0.2) is 30.4 Å². The first-order valence-corrected chi connectivity index (χ1v) is 7.26. The molecule has 0 aromatic heterocycles. The highest BCUT2D eigenvalue weighted by Gasteiger charge is 2.13. The van der Waals surface area contributed by atoms with Crippen molar-refractivity contribution in [1.82, 2.24) is 4.90 Å². The van der Waals surface area contributed by atoms with E-state index in [-0.39, 0.29) is 5.91 Å². The monoisotopic (exact) mass is 277 g/mol. The highest BCUT2D eigenvalue weighted by Crippen LogP contribution is 2.17. The van der Waals surface area contributed by atoms with E-state index in [0.717, 1.165) is 13.0 Å². The number of carbonyl (C=O) groups excluding carboxylic acids is 1. The van der Waals surface area contributed by atoms with Crippen molar-refractivity contribution < 1.29 is 4.79 Å². The van der Waals surface area contributed by atoms with Crippen LogP contribution in [-0.2, 0) is 4.79 Å². The molecule has 4 heteroatoms. The van der Waals surface area contributed by atoms with E-state index in [0.29, 0.717) is 29.8 Å². The van der Waals surface area contributed by atoms with Crippen molar-refractivity contribution in [2.75, 3.05) is 24.6 Å². The molecule has 0 saturated heterocycles. The zero-order valence-electron chi connectivity index (χ0n) is 13.0. The van der Waals surface area contributed by atoms with Crippen LogP contribution in [0.4, 0.5) is 11.4 Å². The summed E-state index contributed by atoms with van der Waals surface area (Å²) in [5, 5.41) is 2.85. The first-order chi connectivity index (χ1) is 9.41. The van der Waals surface area contributed by atoms with E-state index in [1.54, 1.807) is 6.07 Å². The molecule has 0 bridgehead atoms. The summed E-state index contributed by atoms with van der Waals surface area (Å²) in [6.07, 6.45) is 1.37. The summed E-state index contributed by atoms with van der Waals surface area (Å²) < 4.78 is 0. The van der Waals surface area contributed by atoms with Gasteiger partial charge in [-0.1, -0.05) is 26.0 Å². The van der Waals surface area contributed by atoms with Crippen LogP contribution < -0.4 is 11.1 Å². The van der Waals surface area contributed by atoms with Gasteiger partial charge >= 0.3 is 0 Å². The van der Waals surface area contributed by atoms with Gasteiger partial charge in [0.15, 0.2) is 0 Å². The molecule has 0 aliphatic carbocycles. The molecule has 1 amide bonds. The third kappa shape index (κ3) is 5.21. The number of benzene rings is 1. The lowest BCUT2D eigenvalue weighted by Crippen LogP contribution is -2.34. The fraction of sp³-hybridized carbons (Fsp3) is 0.562. The molecule has 1 rings (SSSR count). The second kappa shape index (κ2) is 7.90. The molecule has 1 atom stereocenters. The van der Waals surface area contributed by atoms with E-state index < -0.39 is 0 Å². The van der Waals surface area contributed by atoms with Crippen LogP contribution in [0.2, 0.25) is 0 Å². The minimum Gasteiger partial charge on any atom is -0.397 e. The Labute approximate surface area is 122 Å². The first-order valence-electron chi connectivity index (χ1n) is 7.26. The first kappa shape index (κ1) is 16.5. The Morgan fingerprint density at radius 3 is 2.55 bits per heavy atom. The van der Waals surface area contributed by atoms with Gasteiger partial charge in [0.2, 0.25) is 5.91 Å². The number of rotatable bonds is 7.